The molecule has 2 N–H and O–H groups in total. The van der Waals surface area contributed by atoms with Crippen LogP contribution in [0.4, 0.5) is 10.1 Å². The fraction of sp³-hybridized carbons (Fsp3) is 0.462. The van der Waals surface area contributed by atoms with Crippen molar-refractivity contribution in [1.29, 1.82) is 0 Å². The molecule has 2 atom stereocenters. The van der Waals surface area contributed by atoms with Gasteiger partial charge >= 0.3 is 5.97 Å². The third kappa shape index (κ3) is 3.35. The van der Waals surface area contributed by atoms with Crippen molar-refractivity contribution in [3.63, 3.8) is 0 Å². The van der Waals surface area contributed by atoms with Crippen LogP contribution >= 0.6 is 0 Å². The fourth-order valence-corrected chi connectivity index (χ4v) is 2.07. The molecule has 1 heterocycles. The summed E-state index contributed by atoms with van der Waals surface area (Å²) < 4.78 is 23.4. The minimum atomic E-state index is -0.929. The van der Waals surface area contributed by atoms with E-state index in [9.17, 15) is 9.18 Å². The molecule has 5 nitrogen and oxygen atoms in total. The highest BCUT2D eigenvalue weighted by molar-refractivity contribution is 5.72. The number of halogens is 1. The molecule has 1 aromatic rings. The third-order valence-electron chi connectivity index (χ3n) is 3.07. The Morgan fingerprint density at radius 1 is 1.58 bits per heavy atom. The Balaban J connectivity index is 1.91. The topological polar surface area (TPSA) is 67.8 Å². The molecule has 104 valence electrons. The van der Waals surface area contributed by atoms with Gasteiger partial charge in [0.1, 0.15) is 11.6 Å². The number of nitrogens with one attached hydrogen (secondary N) is 1. The molecule has 0 bridgehead atoms. The van der Waals surface area contributed by atoms with Gasteiger partial charge in [0.25, 0.3) is 0 Å². The van der Waals surface area contributed by atoms with E-state index in [1.165, 1.54) is 19.2 Å². The normalized spacial score (nSPS) is 22.2. The first-order valence-electron chi connectivity index (χ1n) is 6.06. The molecule has 1 aromatic carbocycles. The second kappa shape index (κ2) is 5.88. The maximum Gasteiger partial charge on any atom is 0.332 e. The molecular formula is C13H16FNO4. The Hall–Kier alpha value is -1.82. The molecule has 1 saturated heterocycles. The molecule has 0 aromatic heterocycles. The Labute approximate surface area is 110 Å². The third-order valence-corrected chi connectivity index (χ3v) is 3.07. The number of carboxylic acid groups (broad SMARTS) is 1. The Morgan fingerprint density at radius 3 is 3.00 bits per heavy atom. The Morgan fingerprint density at radius 2 is 2.37 bits per heavy atom. The minimum Gasteiger partial charge on any atom is -0.494 e. The van der Waals surface area contributed by atoms with Crippen molar-refractivity contribution < 1.29 is 23.8 Å². The van der Waals surface area contributed by atoms with Crippen LogP contribution in [-0.2, 0) is 9.53 Å². The van der Waals surface area contributed by atoms with Gasteiger partial charge in [-0.2, -0.15) is 0 Å². The van der Waals surface area contributed by atoms with Gasteiger partial charge in [0, 0.05) is 12.6 Å². The molecule has 19 heavy (non-hydrogen) atoms. The number of carbonyl (C=O) groups is 1. The predicted molar refractivity (Wildman–Crippen MR) is 67.0 cm³/mol. The van der Waals surface area contributed by atoms with Crippen LogP contribution in [0.15, 0.2) is 18.2 Å². The van der Waals surface area contributed by atoms with Crippen LogP contribution in [0, 0.1) is 5.82 Å². The van der Waals surface area contributed by atoms with Crippen molar-refractivity contribution in [3.05, 3.63) is 24.0 Å². The van der Waals surface area contributed by atoms with Gasteiger partial charge in [0.2, 0.25) is 0 Å². The van der Waals surface area contributed by atoms with Crippen LogP contribution < -0.4 is 10.1 Å². The van der Waals surface area contributed by atoms with Crippen LogP contribution in [0.2, 0.25) is 0 Å². The van der Waals surface area contributed by atoms with Crippen LogP contribution in [0.25, 0.3) is 0 Å². The maximum absolute atomic E-state index is 13.0. The first kappa shape index (κ1) is 13.6. The first-order chi connectivity index (χ1) is 9.10. The predicted octanol–water partition coefficient (Wildman–Crippen LogP) is 1.88. The zero-order valence-electron chi connectivity index (χ0n) is 10.6. The van der Waals surface area contributed by atoms with E-state index in [1.807, 2.05) is 0 Å². The van der Waals surface area contributed by atoms with Crippen LogP contribution in [0.5, 0.6) is 5.75 Å². The summed E-state index contributed by atoms with van der Waals surface area (Å²) in [6.07, 6.45) is 0.327. The summed E-state index contributed by atoms with van der Waals surface area (Å²) in [7, 11) is 1.46. The molecule has 0 radical (unpaired) electrons. The number of hydrogen-bond donors (Lipinski definition) is 2. The molecule has 0 saturated carbocycles. The average molecular weight is 269 g/mol. The molecule has 0 spiro atoms. The van der Waals surface area contributed by atoms with E-state index in [0.29, 0.717) is 30.8 Å². The van der Waals surface area contributed by atoms with E-state index in [4.69, 9.17) is 14.6 Å². The van der Waals surface area contributed by atoms with Crippen LogP contribution in [0.3, 0.4) is 0 Å². The minimum absolute atomic E-state index is 0.157. The highest BCUT2D eigenvalue weighted by atomic mass is 19.1. The van der Waals surface area contributed by atoms with Crippen molar-refractivity contribution in [3.8, 4) is 5.75 Å². The van der Waals surface area contributed by atoms with Gasteiger partial charge in [-0.25, -0.2) is 9.18 Å². The molecule has 2 unspecified atom stereocenters. The quantitative estimate of drug-likeness (QED) is 0.854. The zero-order chi connectivity index (χ0) is 13.8. The second-order valence-electron chi connectivity index (χ2n) is 4.39. The van der Waals surface area contributed by atoms with Crippen LogP contribution in [-0.4, -0.2) is 36.9 Å². The van der Waals surface area contributed by atoms with Gasteiger partial charge < -0.3 is 19.9 Å². The van der Waals surface area contributed by atoms with Crippen molar-refractivity contribution in [2.75, 3.05) is 19.0 Å². The molecule has 6 heteroatoms. The lowest BCUT2D eigenvalue weighted by atomic mass is 10.2. The summed E-state index contributed by atoms with van der Waals surface area (Å²) in [6, 6.07) is 4.20. The summed E-state index contributed by atoms with van der Waals surface area (Å²) in [4.78, 5) is 10.8. The number of aliphatic carboxylic acids is 1. The molecule has 1 fully saturated rings. The number of anilines is 1. The number of methoxy groups -OCH3 is 1. The highest BCUT2D eigenvalue weighted by Crippen LogP contribution is 2.26. The Kier molecular flexibility index (Phi) is 4.21. The van der Waals surface area contributed by atoms with Crippen molar-refractivity contribution in [2.45, 2.75) is 25.0 Å². The van der Waals surface area contributed by atoms with Crippen molar-refractivity contribution in [1.82, 2.24) is 0 Å². The summed E-state index contributed by atoms with van der Waals surface area (Å²) in [5.74, 6) is -0.889. The summed E-state index contributed by atoms with van der Waals surface area (Å²) >= 11 is 0. The highest BCUT2D eigenvalue weighted by Gasteiger charge is 2.30. The zero-order valence-corrected chi connectivity index (χ0v) is 10.6. The molecule has 0 aliphatic carbocycles. The van der Waals surface area contributed by atoms with Crippen molar-refractivity contribution in [2.24, 2.45) is 0 Å². The van der Waals surface area contributed by atoms with Gasteiger partial charge in [-0.3, -0.25) is 0 Å². The number of benzene rings is 1. The molecule has 0 amide bonds. The van der Waals surface area contributed by atoms with Gasteiger partial charge in [-0.15, -0.1) is 0 Å². The van der Waals surface area contributed by atoms with E-state index in [0.717, 1.165) is 0 Å². The molecule has 2 rings (SSSR count). The summed E-state index contributed by atoms with van der Waals surface area (Å²) in [6.45, 7) is 0.464. The smallest absolute Gasteiger partial charge is 0.332 e. The fourth-order valence-electron chi connectivity index (χ4n) is 2.07. The standard InChI is InChI=1S/C13H16FNO4/c1-18-12-6-8(14)2-4-10(12)15-7-9-3-5-11(19-9)13(16)17/h2,4,6,9,11,15H,3,5,7H2,1H3,(H,16,17). The number of carboxylic acids is 1. The number of ether oxygens (including phenoxy) is 2. The van der Waals surface area contributed by atoms with Crippen LogP contribution in [0.1, 0.15) is 12.8 Å². The van der Waals surface area contributed by atoms with Gasteiger partial charge in [-0.1, -0.05) is 0 Å². The average Bonchev–Trinajstić information content (AvgIpc) is 2.86. The maximum atomic E-state index is 13.0. The lowest BCUT2D eigenvalue weighted by molar-refractivity contribution is -0.149. The first-order valence-corrected chi connectivity index (χ1v) is 6.06. The monoisotopic (exact) mass is 269 g/mol. The van der Waals surface area contributed by atoms with E-state index in [2.05, 4.69) is 5.32 Å². The number of hydrogen-bond acceptors (Lipinski definition) is 4. The molecular weight excluding hydrogens is 253 g/mol. The largest absolute Gasteiger partial charge is 0.494 e. The molecule has 1 aliphatic rings. The van der Waals surface area contributed by atoms with E-state index in [1.54, 1.807) is 6.07 Å². The second-order valence-corrected chi connectivity index (χ2v) is 4.39. The van der Waals surface area contributed by atoms with Gasteiger partial charge in [0.05, 0.1) is 18.9 Å². The summed E-state index contributed by atoms with van der Waals surface area (Å²) in [5, 5.41) is 11.9. The van der Waals surface area contributed by atoms with E-state index in [-0.39, 0.29) is 11.9 Å². The van der Waals surface area contributed by atoms with E-state index >= 15 is 0 Å². The van der Waals surface area contributed by atoms with Gasteiger partial charge in [0.15, 0.2) is 6.10 Å². The lowest BCUT2D eigenvalue weighted by Gasteiger charge is -2.15. The molecule has 1 aliphatic heterocycles. The number of rotatable bonds is 5. The SMILES string of the molecule is COc1cc(F)ccc1NCC1CCC(C(=O)O)O1. The van der Waals surface area contributed by atoms with Gasteiger partial charge in [-0.05, 0) is 25.0 Å². The lowest BCUT2D eigenvalue weighted by Crippen LogP contribution is -2.24. The summed E-state index contributed by atoms with van der Waals surface area (Å²) in [5.41, 5.74) is 0.659. The Bertz CT molecular complexity index is 466. The van der Waals surface area contributed by atoms with Crippen molar-refractivity contribution >= 4 is 11.7 Å². The van der Waals surface area contributed by atoms with E-state index < -0.39 is 12.1 Å².